The van der Waals surface area contributed by atoms with Crippen molar-refractivity contribution in [3.8, 4) is 17.3 Å². The van der Waals surface area contributed by atoms with Crippen LogP contribution in [0.25, 0.3) is 11.1 Å². The van der Waals surface area contributed by atoms with Crippen LogP contribution in [-0.4, -0.2) is 8.42 Å². The standard InChI is InChI=1S/C12H10.CN2O2S/c1-3-7-11(8-4-1)12-9-5-2-6-10-12;2-1-3-6(4)5/h1-10H;. The van der Waals surface area contributed by atoms with Crippen LogP contribution in [0, 0.1) is 11.5 Å². The molecule has 0 bridgehead atoms. The van der Waals surface area contributed by atoms with Gasteiger partial charge in [-0.05, 0) is 11.1 Å². The summed E-state index contributed by atoms with van der Waals surface area (Å²) < 4.78 is 20.8. The minimum Gasteiger partial charge on any atom is -0.169 e. The van der Waals surface area contributed by atoms with Crippen molar-refractivity contribution < 1.29 is 8.42 Å². The highest BCUT2D eigenvalue weighted by Gasteiger charge is 1.91. The number of rotatable bonds is 1. The normalized spacial score (nSPS) is 8.39. The molecule has 0 N–H and O–H groups in total. The van der Waals surface area contributed by atoms with Crippen LogP contribution in [0.15, 0.2) is 65.0 Å². The van der Waals surface area contributed by atoms with Crippen LogP contribution in [0.2, 0.25) is 0 Å². The van der Waals surface area contributed by atoms with E-state index in [2.05, 4.69) is 52.9 Å². The first-order valence-electron chi connectivity index (χ1n) is 5.03. The molecule has 2 aromatic carbocycles. The van der Waals surface area contributed by atoms with Gasteiger partial charge in [-0.3, -0.25) is 0 Å². The van der Waals surface area contributed by atoms with Crippen molar-refractivity contribution in [3.05, 3.63) is 60.7 Å². The number of benzene rings is 2. The summed E-state index contributed by atoms with van der Waals surface area (Å²) in [6.07, 6.45) is 1.08. The average molecular weight is 258 g/mol. The number of hydrogen-bond donors (Lipinski definition) is 0. The summed E-state index contributed by atoms with van der Waals surface area (Å²) in [6, 6.07) is 20.8. The van der Waals surface area contributed by atoms with E-state index < -0.39 is 10.5 Å². The second-order valence-corrected chi connectivity index (χ2v) is 3.76. The molecule has 2 rings (SSSR count). The Balaban J connectivity index is 0.000000232. The molecule has 0 amide bonds. The van der Waals surface area contributed by atoms with Gasteiger partial charge in [-0.15, -0.1) is 0 Å². The van der Waals surface area contributed by atoms with Crippen molar-refractivity contribution in [1.82, 2.24) is 0 Å². The van der Waals surface area contributed by atoms with Gasteiger partial charge < -0.3 is 0 Å². The molecule has 18 heavy (non-hydrogen) atoms. The molecule has 0 fully saturated rings. The average Bonchev–Trinajstić information content (AvgIpc) is 2.41. The highest BCUT2D eigenvalue weighted by molar-refractivity contribution is 7.61. The smallest absolute Gasteiger partial charge is 0.169 e. The van der Waals surface area contributed by atoms with E-state index in [4.69, 9.17) is 5.26 Å². The SMILES string of the molecule is N#CN=S(=O)=O.c1ccc(-c2ccccc2)cc1. The molecule has 5 heteroatoms. The highest BCUT2D eigenvalue weighted by Crippen LogP contribution is 2.17. The van der Waals surface area contributed by atoms with Crippen LogP contribution in [0.5, 0.6) is 0 Å². The molecule has 0 radical (unpaired) electrons. The quantitative estimate of drug-likeness (QED) is 0.738. The molecule has 0 aliphatic rings. The highest BCUT2D eigenvalue weighted by atomic mass is 32.2. The van der Waals surface area contributed by atoms with Crippen molar-refractivity contribution in [1.29, 1.82) is 5.26 Å². The van der Waals surface area contributed by atoms with E-state index in [1.165, 1.54) is 11.1 Å². The van der Waals surface area contributed by atoms with Crippen molar-refractivity contribution in [2.24, 2.45) is 4.36 Å². The lowest BCUT2D eigenvalue weighted by atomic mass is 10.1. The molecular formula is C13H10N2O2S. The lowest BCUT2D eigenvalue weighted by Gasteiger charge is -1.98. The Bertz CT molecular complexity index is 599. The molecule has 0 unspecified atom stereocenters. The molecule has 0 aromatic heterocycles. The van der Waals surface area contributed by atoms with Gasteiger partial charge in [0.1, 0.15) is 0 Å². The van der Waals surface area contributed by atoms with E-state index in [0.29, 0.717) is 0 Å². The molecular weight excluding hydrogens is 248 g/mol. The van der Waals surface area contributed by atoms with Gasteiger partial charge in [-0.2, -0.15) is 13.7 Å². The Hall–Kier alpha value is -2.45. The molecule has 90 valence electrons. The number of nitriles is 1. The zero-order valence-electron chi connectivity index (χ0n) is 9.39. The Morgan fingerprint density at radius 2 is 1.22 bits per heavy atom. The van der Waals surface area contributed by atoms with E-state index >= 15 is 0 Å². The molecule has 2 aromatic rings. The summed E-state index contributed by atoms with van der Waals surface area (Å²) in [5.41, 5.74) is 2.55. The summed E-state index contributed by atoms with van der Waals surface area (Å²) in [6.45, 7) is 0. The Morgan fingerprint density at radius 1 is 0.833 bits per heavy atom. The maximum absolute atomic E-state index is 9.21. The van der Waals surface area contributed by atoms with Gasteiger partial charge in [0, 0.05) is 0 Å². The fourth-order valence-electron chi connectivity index (χ4n) is 1.29. The first-order chi connectivity index (χ1) is 8.74. The van der Waals surface area contributed by atoms with Crippen LogP contribution in [0.4, 0.5) is 0 Å². The number of nitrogens with zero attached hydrogens (tertiary/aromatic N) is 2. The largest absolute Gasteiger partial charge is 0.326 e. The van der Waals surface area contributed by atoms with Crippen molar-refractivity contribution >= 4 is 10.5 Å². The molecule has 0 spiro atoms. The van der Waals surface area contributed by atoms with Gasteiger partial charge in [0.15, 0.2) is 0 Å². The van der Waals surface area contributed by atoms with Gasteiger partial charge in [-0.25, -0.2) is 0 Å². The second-order valence-electron chi connectivity index (χ2n) is 3.14. The maximum atomic E-state index is 9.21. The lowest BCUT2D eigenvalue weighted by molar-refractivity contribution is 0.622. The van der Waals surface area contributed by atoms with Gasteiger partial charge >= 0.3 is 10.5 Å². The van der Waals surface area contributed by atoms with E-state index in [-0.39, 0.29) is 0 Å². The lowest BCUT2D eigenvalue weighted by Crippen LogP contribution is -1.73. The van der Waals surface area contributed by atoms with E-state index in [9.17, 15) is 8.42 Å². The maximum Gasteiger partial charge on any atom is 0.326 e. The first kappa shape index (κ1) is 13.6. The molecule has 0 atom stereocenters. The topological polar surface area (TPSA) is 70.3 Å². The minimum absolute atomic E-state index is 1.08. The molecule has 0 aliphatic carbocycles. The third-order valence-corrected chi connectivity index (χ3v) is 2.23. The molecule has 0 saturated carbocycles. The zero-order chi connectivity index (χ0) is 13.2. The molecule has 0 aliphatic heterocycles. The minimum atomic E-state index is -2.55. The van der Waals surface area contributed by atoms with Gasteiger partial charge in [-0.1, -0.05) is 65.0 Å². The van der Waals surface area contributed by atoms with Crippen molar-refractivity contribution in [2.45, 2.75) is 0 Å². The van der Waals surface area contributed by atoms with Crippen LogP contribution >= 0.6 is 0 Å². The summed E-state index contributed by atoms with van der Waals surface area (Å²) in [4.78, 5) is 0. The van der Waals surface area contributed by atoms with Crippen LogP contribution < -0.4 is 0 Å². The molecule has 4 nitrogen and oxygen atoms in total. The Kier molecular flexibility index (Phi) is 5.87. The fourth-order valence-corrected chi connectivity index (χ4v) is 1.36. The zero-order valence-corrected chi connectivity index (χ0v) is 10.2. The van der Waals surface area contributed by atoms with Gasteiger partial charge in [0.25, 0.3) is 0 Å². The predicted molar refractivity (Wildman–Crippen MR) is 68.8 cm³/mol. The summed E-state index contributed by atoms with van der Waals surface area (Å²) in [7, 11) is -2.55. The summed E-state index contributed by atoms with van der Waals surface area (Å²) >= 11 is 0. The van der Waals surface area contributed by atoms with E-state index in [1.807, 2.05) is 12.1 Å². The summed E-state index contributed by atoms with van der Waals surface area (Å²) in [5, 5.41) is 7.43. The monoisotopic (exact) mass is 258 g/mol. The van der Waals surface area contributed by atoms with E-state index in [1.54, 1.807) is 0 Å². The fraction of sp³-hybridized carbons (Fsp3) is 0. The summed E-state index contributed by atoms with van der Waals surface area (Å²) in [5.74, 6) is 0. The van der Waals surface area contributed by atoms with Gasteiger partial charge in [0.2, 0.25) is 6.19 Å². The van der Waals surface area contributed by atoms with Crippen LogP contribution in [0.3, 0.4) is 0 Å². The first-order valence-corrected chi connectivity index (χ1v) is 6.07. The van der Waals surface area contributed by atoms with E-state index in [0.717, 1.165) is 6.19 Å². The van der Waals surface area contributed by atoms with Crippen LogP contribution in [-0.2, 0) is 10.5 Å². The molecule has 0 heterocycles. The Labute approximate surface area is 107 Å². The number of hydrogen-bond acceptors (Lipinski definition) is 4. The van der Waals surface area contributed by atoms with Crippen LogP contribution in [0.1, 0.15) is 0 Å². The third-order valence-electron chi connectivity index (χ3n) is 2.00. The van der Waals surface area contributed by atoms with Gasteiger partial charge in [0.05, 0.1) is 0 Å². The third kappa shape index (κ3) is 5.05. The Morgan fingerprint density at radius 3 is 1.44 bits per heavy atom. The van der Waals surface area contributed by atoms with Crippen molar-refractivity contribution in [2.75, 3.05) is 0 Å². The molecule has 0 saturated heterocycles. The second kappa shape index (κ2) is 7.76. The predicted octanol–water partition coefficient (Wildman–Crippen LogP) is 2.88. The van der Waals surface area contributed by atoms with Crippen molar-refractivity contribution in [3.63, 3.8) is 0 Å².